The van der Waals surface area contributed by atoms with Crippen LogP contribution < -0.4 is 5.32 Å². The Kier molecular flexibility index (Phi) is 1.83. The van der Waals surface area contributed by atoms with E-state index in [2.05, 4.69) is 37.4 Å². The molecular weight excluding hydrogens is 158 g/mol. The molecule has 0 saturated carbocycles. The largest absolute Gasteiger partial charge is 0.388 e. The number of hydrogen-bond donors (Lipinski definition) is 1. The summed E-state index contributed by atoms with van der Waals surface area (Å²) >= 11 is 0. The Labute approximate surface area is 80.2 Å². The Bertz CT molecular complexity index is 326. The third-order valence-corrected chi connectivity index (χ3v) is 3.15. The molecule has 1 aromatic carbocycles. The summed E-state index contributed by atoms with van der Waals surface area (Å²) in [5.74, 6) is 0. The van der Waals surface area contributed by atoms with Crippen LogP contribution in [-0.2, 0) is 11.8 Å². The van der Waals surface area contributed by atoms with Crippen molar-refractivity contribution in [2.75, 3.05) is 12.4 Å². The minimum absolute atomic E-state index is 0.377. The van der Waals surface area contributed by atoms with E-state index >= 15 is 0 Å². The zero-order valence-electron chi connectivity index (χ0n) is 8.65. The van der Waals surface area contributed by atoms with Crippen LogP contribution in [0.25, 0.3) is 0 Å². The number of fused-ring (bicyclic) bond motifs is 1. The summed E-state index contributed by atoms with van der Waals surface area (Å²) in [5.41, 5.74) is 4.67. The van der Waals surface area contributed by atoms with Crippen molar-refractivity contribution in [1.29, 1.82) is 0 Å². The number of benzene rings is 1. The normalized spacial score (nSPS) is 18.4. The fourth-order valence-corrected chi connectivity index (χ4v) is 2.16. The second kappa shape index (κ2) is 2.76. The molecule has 0 saturated heterocycles. The lowest BCUT2D eigenvalue weighted by atomic mass is 9.86. The Morgan fingerprint density at radius 1 is 1.31 bits per heavy atom. The van der Waals surface area contributed by atoms with Crippen LogP contribution in [-0.4, -0.2) is 7.05 Å². The van der Waals surface area contributed by atoms with Gasteiger partial charge in [-0.25, -0.2) is 0 Å². The molecule has 0 radical (unpaired) electrons. The molecule has 0 spiro atoms. The zero-order chi connectivity index (χ0) is 9.47. The second-order valence-corrected chi connectivity index (χ2v) is 4.51. The molecule has 0 amide bonds. The second-order valence-electron chi connectivity index (χ2n) is 4.51. The van der Waals surface area contributed by atoms with Crippen LogP contribution in [0.1, 0.15) is 31.4 Å². The van der Waals surface area contributed by atoms with Crippen LogP contribution in [0.2, 0.25) is 0 Å². The standard InChI is InChI=1S/C12H17N/c1-12(2)7-6-9-4-5-10(13-3)8-11(9)12/h4-5,8,13H,6-7H2,1-3H3. The number of aryl methyl sites for hydroxylation is 1. The van der Waals surface area contributed by atoms with Crippen molar-refractivity contribution in [3.05, 3.63) is 29.3 Å². The fourth-order valence-electron chi connectivity index (χ4n) is 2.16. The van der Waals surface area contributed by atoms with Crippen LogP contribution in [0.15, 0.2) is 18.2 Å². The molecule has 0 aromatic heterocycles. The quantitative estimate of drug-likeness (QED) is 0.692. The van der Waals surface area contributed by atoms with Crippen LogP contribution in [0, 0.1) is 0 Å². The van der Waals surface area contributed by atoms with Crippen LogP contribution in [0.4, 0.5) is 5.69 Å². The van der Waals surface area contributed by atoms with Gasteiger partial charge >= 0.3 is 0 Å². The highest BCUT2D eigenvalue weighted by molar-refractivity contribution is 5.52. The van der Waals surface area contributed by atoms with E-state index in [1.54, 1.807) is 0 Å². The fraction of sp³-hybridized carbons (Fsp3) is 0.500. The molecule has 1 nitrogen and oxygen atoms in total. The van der Waals surface area contributed by atoms with Gasteiger partial charge in [0.1, 0.15) is 0 Å². The minimum atomic E-state index is 0.377. The maximum absolute atomic E-state index is 3.19. The van der Waals surface area contributed by atoms with Crippen LogP contribution in [0.3, 0.4) is 0 Å². The number of anilines is 1. The van der Waals surface area contributed by atoms with Gasteiger partial charge in [-0.05, 0) is 41.5 Å². The molecular formula is C12H17N. The predicted molar refractivity (Wildman–Crippen MR) is 57.3 cm³/mol. The smallest absolute Gasteiger partial charge is 0.0340 e. The first-order valence-electron chi connectivity index (χ1n) is 4.95. The summed E-state index contributed by atoms with van der Waals surface area (Å²) in [5, 5.41) is 3.19. The van der Waals surface area contributed by atoms with Crippen LogP contribution >= 0.6 is 0 Å². The molecule has 1 aliphatic rings. The summed E-state index contributed by atoms with van der Waals surface area (Å²) in [7, 11) is 1.98. The Balaban J connectivity index is 2.50. The van der Waals surface area contributed by atoms with Gasteiger partial charge in [-0.15, -0.1) is 0 Å². The number of hydrogen-bond acceptors (Lipinski definition) is 1. The zero-order valence-corrected chi connectivity index (χ0v) is 8.65. The molecule has 1 aliphatic carbocycles. The van der Waals surface area contributed by atoms with Gasteiger partial charge < -0.3 is 5.32 Å². The van der Waals surface area contributed by atoms with Gasteiger partial charge in [-0.3, -0.25) is 0 Å². The van der Waals surface area contributed by atoms with E-state index in [4.69, 9.17) is 0 Å². The molecule has 0 unspecified atom stereocenters. The topological polar surface area (TPSA) is 12.0 Å². The molecule has 13 heavy (non-hydrogen) atoms. The lowest BCUT2D eigenvalue weighted by molar-refractivity contribution is 0.522. The highest BCUT2D eigenvalue weighted by Crippen LogP contribution is 2.39. The van der Waals surface area contributed by atoms with Gasteiger partial charge in [-0.1, -0.05) is 19.9 Å². The molecule has 2 rings (SSSR count). The lowest BCUT2D eigenvalue weighted by Crippen LogP contribution is -2.11. The van der Waals surface area contributed by atoms with E-state index in [1.165, 1.54) is 29.7 Å². The molecule has 0 heterocycles. The first-order valence-corrected chi connectivity index (χ1v) is 4.95. The summed E-state index contributed by atoms with van der Waals surface area (Å²) < 4.78 is 0. The van der Waals surface area contributed by atoms with Gasteiger partial charge in [0.25, 0.3) is 0 Å². The molecule has 0 bridgehead atoms. The highest BCUT2D eigenvalue weighted by Gasteiger charge is 2.29. The monoisotopic (exact) mass is 175 g/mol. The maximum Gasteiger partial charge on any atom is 0.0340 e. The van der Waals surface area contributed by atoms with Gasteiger partial charge in [0, 0.05) is 12.7 Å². The van der Waals surface area contributed by atoms with E-state index in [9.17, 15) is 0 Å². The van der Waals surface area contributed by atoms with E-state index in [1.807, 2.05) is 7.05 Å². The highest BCUT2D eigenvalue weighted by atomic mass is 14.8. The van der Waals surface area contributed by atoms with Crippen molar-refractivity contribution in [1.82, 2.24) is 0 Å². The molecule has 0 aliphatic heterocycles. The van der Waals surface area contributed by atoms with Crippen molar-refractivity contribution in [3.63, 3.8) is 0 Å². The summed E-state index contributed by atoms with van der Waals surface area (Å²) in [4.78, 5) is 0. The Hall–Kier alpha value is -0.980. The molecule has 1 aromatic rings. The molecule has 0 atom stereocenters. The van der Waals surface area contributed by atoms with Gasteiger partial charge in [0.2, 0.25) is 0 Å². The first kappa shape index (κ1) is 8.61. The number of nitrogens with one attached hydrogen (secondary N) is 1. The van der Waals surface area contributed by atoms with E-state index in [0.717, 1.165) is 0 Å². The summed E-state index contributed by atoms with van der Waals surface area (Å²) in [6.07, 6.45) is 2.53. The third-order valence-electron chi connectivity index (χ3n) is 3.15. The van der Waals surface area contributed by atoms with Crippen molar-refractivity contribution in [2.45, 2.75) is 32.1 Å². The molecule has 70 valence electrons. The Morgan fingerprint density at radius 3 is 2.77 bits per heavy atom. The van der Waals surface area contributed by atoms with Crippen LogP contribution in [0.5, 0.6) is 0 Å². The summed E-state index contributed by atoms with van der Waals surface area (Å²) in [6, 6.07) is 6.72. The maximum atomic E-state index is 3.19. The van der Waals surface area contributed by atoms with Gasteiger partial charge in [-0.2, -0.15) is 0 Å². The van der Waals surface area contributed by atoms with Crippen molar-refractivity contribution >= 4 is 5.69 Å². The van der Waals surface area contributed by atoms with Gasteiger partial charge in [0.15, 0.2) is 0 Å². The first-order chi connectivity index (χ1) is 6.13. The minimum Gasteiger partial charge on any atom is -0.388 e. The average Bonchev–Trinajstić information content (AvgIpc) is 2.42. The lowest BCUT2D eigenvalue weighted by Gasteiger charge is -2.19. The van der Waals surface area contributed by atoms with E-state index in [0.29, 0.717) is 5.41 Å². The molecule has 1 N–H and O–H groups in total. The Morgan fingerprint density at radius 2 is 2.08 bits per heavy atom. The van der Waals surface area contributed by atoms with E-state index < -0.39 is 0 Å². The molecule has 0 fully saturated rings. The SMILES string of the molecule is CNc1ccc2c(c1)C(C)(C)CC2. The third kappa shape index (κ3) is 1.32. The van der Waals surface area contributed by atoms with E-state index in [-0.39, 0.29) is 0 Å². The summed E-state index contributed by atoms with van der Waals surface area (Å²) in [6.45, 7) is 4.66. The van der Waals surface area contributed by atoms with Crippen molar-refractivity contribution < 1.29 is 0 Å². The average molecular weight is 175 g/mol. The number of rotatable bonds is 1. The molecule has 1 heteroatoms. The van der Waals surface area contributed by atoms with Crippen molar-refractivity contribution in [2.24, 2.45) is 0 Å². The van der Waals surface area contributed by atoms with Gasteiger partial charge in [0.05, 0.1) is 0 Å². The predicted octanol–water partition coefficient (Wildman–Crippen LogP) is 2.95. The van der Waals surface area contributed by atoms with Crippen molar-refractivity contribution in [3.8, 4) is 0 Å².